The van der Waals surface area contributed by atoms with Gasteiger partial charge in [0.05, 0.1) is 44.6 Å². The number of thiophene rings is 1. The van der Waals surface area contributed by atoms with Crippen molar-refractivity contribution in [3.63, 3.8) is 0 Å². The number of nitrogens with zero attached hydrogens (tertiary/aromatic N) is 5. The second-order valence-electron chi connectivity index (χ2n) is 9.01. The molecule has 0 bridgehead atoms. The van der Waals surface area contributed by atoms with E-state index in [0.29, 0.717) is 58.3 Å². The molecule has 0 aliphatic carbocycles. The molecule has 4 rings (SSSR count). The van der Waals surface area contributed by atoms with Crippen LogP contribution in [0, 0.1) is 12.7 Å². The van der Waals surface area contributed by atoms with Gasteiger partial charge in [-0.25, -0.2) is 9.18 Å². The Bertz CT molecular complexity index is 1530. The first-order chi connectivity index (χ1) is 19.4. The Morgan fingerprint density at radius 3 is 2.60 bits per heavy atom. The average Bonchev–Trinajstić information content (AvgIpc) is 3.60. The van der Waals surface area contributed by atoms with Gasteiger partial charge in [-0.2, -0.15) is 10.2 Å². The fourth-order valence-corrected chi connectivity index (χ4v) is 5.65. The van der Waals surface area contributed by atoms with E-state index < -0.39 is 23.2 Å². The summed E-state index contributed by atoms with van der Waals surface area (Å²) in [6, 6.07) is 4.14. The quantitative estimate of drug-likeness (QED) is 0.202. The molecule has 0 saturated heterocycles. The summed E-state index contributed by atoms with van der Waals surface area (Å²) in [5, 5.41) is 12.7. The number of ether oxygens (including phenoxy) is 3. The van der Waals surface area contributed by atoms with Crippen LogP contribution in [-0.2, 0) is 22.6 Å². The molecule has 1 atom stereocenters. The first-order valence-corrected chi connectivity index (χ1v) is 13.7. The van der Waals surface area contributed by atoms with E-state index in [2.05, 4.69) is 15.5 Å². The summed E-state index contributed by atoms with van der Waals surface area (Å²) in [4.78, 5) is 29.5. The van der Waals surface area contributed by atoms with Crippen LogP contribution in [-0.4, -0.2) is 71.2 Å². The average molecular weight is 576 g/mol. The first kappa shape index (κ1) is 29.6. The lowest BCUT2D eigenvalue weighted by molar-refractivity contribution is 0.00642. The van der Waals surface area contributed by atoms with Crippen molar-refractivity contribution in [2.75, 3.05) is 47.1 Å². The Kier molecular flexibility index (Phi) is 10.2. The number of hydrogen-bond acceptors (Lipinski definition) is 10. The standard InChI is InChI=1S/C26H34FN7O5S/c1-17-22-23(35)32(12-11-29-8-4-7-28)26(36)33(25(22)40-24(17)34-30-9-10-31-34)16-21(39-14-13-37-2)19-15-18(27)5-6-20(19)38-3/h5-6,9-10,15,21,29H,4,7-8,11-14,16,28H2,1-3H3/t21-/m0/s1. The van der Waals surface area contributed by atoms with Gasteiger partial charge < -0.3 is 25.3 Å². The number of nitrogens with two attached hydrogens (primary N) is 1. The predicted octanol–water partition coefficient (Wildman–Crippen LogP) is 1.60. The number of aromatic nitrogens is 5. The minimum atomic E-state index is -0.788. The van der Waals surface area contributed by atoms with E-state index in [-0.39, 0.29) is 19.7 Å². The molecule has 0 amide bonds. The van der Waals surface area contributed by atoms with E-state index in [0.717, 1.165) is 6.42 Å². The number of benzene rings is 1. The first-order valence-electron chi connectivity index (χ1n) is 12.9. The van der Waals surface area contributed by atoms with Crippen molar-refractivity contribution in [3.8, 4) is 10.8 Å². The maximum atomic E-state index is 14.4. The molecule has 3 aromatic heterocycles. The van der Waals surface area contributed by atoms with Gasteiger partial charge >= 0.3 is 5.69 Å². The van der Waals surface area contributed by atoms with Gasteiger partial charge in [0.25, 0.3) is 5.56 Å². The van der Waals surface area contributed by atoms with Crippen LogP contribution in [0.2, 0.25) is 0 Å². The maximum absolute atomic E-state index is 14.4. The molecule has 14 heteroatoms. The second kappa shape index (κ2) is 13.8. The third kappa shape index (κ3) is 6.31. The highest BCUT2D eigenvalue weighted by atomic mass is 32.1. The molecule has 12 nitrogen and oxygen atoms in total. The zero-order chi connectivity index (χ0) is 28.6. The largest absolute Gasteiger partial charge is 0.496 e. The lowest BCUT2D eigenvalue weighted by atomic mass is 10.1. The third-order valence-corrected chi connectivity index (χ3v) is 7.71. The maximum Gasteiger partial charge on any atom is 0.332 e. The number of halogens is 1. The van der Waals surface area contributed by atoms with Gasteiger partial charge in [-0.15, -0.1) is 4.80 Å². The van der Waals surface area contributed by atoms with Gasteiger partial charge in [0.2, 0.25) is 0 Å². The summed E-state index contributed by atoms with van der Waals surface area (Å²) in [6.07, 6.45) is 3.07. The lowest BCUT2D eigenvalue weighted by Gasteiger charge is -2.22. The summed E-state index contributed by atoms with van der Waals surface area (Å²) in [6.45, 7) is 4.05. The van der Waals surface area contributed by atoms with Crippen LogP contribution in [0.4, 0.5) is 4.39 Å². The van der Waals surface area contributed by atoms with Crippen molar-refractivity contribution >= 4 is 21.6 Å². The van der Waals surface area contributed by atoms with Crippen molar-refractivity contribution in [1.29, 1.82) is 0 Å². The molecule has 0 unspecified atom stereocenters. The van der Waals surface area contributed by atoms with Crippen LogP contribution in [0.15, 0.2) is 40.2 Å². The topological polar surface area (TPSA) is 140 Å². The molecule has 40 heavy (non-hydrogen) atoms. The molecule has 0 saturated carbocycles. The van der Waals surface area contributed by atoms with E-state index >= 15 is 0 Å². The van der Waals surface area contributed by atoms with Crippen molar-refractivity contribution in [1.82, 2.24) is 29.4 Å². The molecule has 0 aliphatic heterocycles. The summed E-state index contributed by atoms with van der Waals surface area (Å²) in [7, 11) is 3.03. The number of methoxy groups -OCH3 is 2. The minimum absolute atomic E-state index is 0.00826. The molecule has 3 heterocycles. The van der Waals surface area contributed by atoms with Gasteiger partial charge in [0.1, 0.15) is 27.5 Å². The zero-order valence-corrected chi connectivity index (χ0v) is 23.6. The molecular formula is C26H34FN7O5S. The van der Waals surface area contributed by atoms with Crippen LogP contribution in [0.25, 0.3) is 15.2 Å². The normalized spacial score (nSPS) is 12.3. The minimum Gasteiger partial charge on any atom is -0.496 e. The summed E-state index contributed by atoms with van der Waals surface area (Å²) >= 11 is 1.23. The van der Waals surface area contributed by atoms with Crippen molar-refractivity contribution in [2.45, 2.75) is 32.5 Å². The molecule has 4 aromatic rings. The van der Waals surface area contributed by atoms with Crippen LogP contribution in [0.1, 0.15) is 23.7 Å². The Labute approximate surface area is 234 Å². The summed E-state index contributed by atoms with van der Waals surface area (Å²) in [5.41, 5.74) is 5.75. The van der Waals surface area contributed by atoms with Crippen molar-refractivity contribution < 1.29 is 18.6 Å². The second-order valence-corrected chi connectivity index (χ2v) is 9.99. The Morgan fingerprint density at radius 1 is 1.12 bits per heavy atom. The zero-order valence-electron chi connectivity index (χ0n) is 22.8. The number of hydrogen-bond donors (Lipinski definition) is 2. The molecule has 3 N–H and O–H groups in total. The monoisotopic (exact) mass is 575 g/mol. The molecule has 216 valence electrons. The van der Waals surface area contributed by atoms with E-state index in [1.165, 1.54) is 63.0 Å². The molecule has 0 radical (unpaired) electrons. The van der Waals surface area contributed by atoms with E-state index in [1.807, 2.05) is 0 Å². The molecule has 0 spiro atoms. The fraction of sp³-hybridized carbons (Fsp3) is 0.462. The molecule has 0 aliphatic rings. The molecule has 0 fully saturated rings. The highest BCUT2D eigenvalue weighted by Gasteiger charge is 2.25. The summed E-state index contributed by atoms with van der Waals surface area (Å²) < 4.78 is 33.8. The lowest BCUT2D eigenvalue weighted by Crippen LogP contribution is -2.42. The Hall–Kier alpha value is -3.43. The molecule has 1 aromatic carbocycles. The van der Waals surface area contributed by atoms with Crippen LogP contribution < -0.4 is 27.0 Å². The number of fused-ring (bicyclic) bond motifs is 1. The van der Waals surface area contributed by atoms with E-state index in [9.17, 15) is 14.0 Å². The number of rotatable bonds is 15. The third-order valence-electron chi connectivity index (χ3n) is 6.43. The highest BCUT2D eigenvalue weighted by molar-refractivity contribution is 7.21. The molecular weight excluding hydrogens is 541 g/mol. The number of nitrogens with one attached hydrogen (secondary N) is 1. The highest BCUT2D eigenvalue weighted by Crippen LogP contribution is 2.33. The number of aryl methyl sites for hydroxylation is 1. The Morgan fingerprint density at radius 2 is 1.90 bits per heavy atom. The predicted molar refractivity (Wildman–Crippen MR) is 150 cm³/mol. The van der Waals surface area contributed by atoms with Gasteiger partial charge in [-0.05, 0) is 44.6 Å². The summed E-state index contributed by atoms with van der Waals surface area (Å²) in [5.74, 6) is -0.0597. The fourth-order valence-electron chi connectivity index (χ4n) is 4.43. The van der Waals surface area contributed by atoms with Gasteiger partial charge in [-0.1, -0.05) is 11.3 Å². The smallest absolute Gasteiger partial charge is 0.332 e. The van der Waals surface area contributed by atoms with E-state index in [4.69, 9.17) is 19.9 Å². The van der Waals surface area contributed by atoms with Gasteiger partial charge in [-0.3, -0.25) is 13.9 Å². The van der Waals surface area contributed by atoms with Gasteiger partial charge in [0.15, 0.2) is 0 Å². The SMILES string of the molecule is COCCO[C@@H](Cn1c(=O)n(CCNCCCN)c(=O)c2c(C)c(-n3nccn3)sc21)c1cc(F)ccc1OC. The van der Waals surface area contributed by atoms with Crippen LogP contribution in [0.5, 0.6) is 5.75 Å². The van der Waals surface area contributed by atoms with Gasteiger partial charge in [0, 0.05) is 31.3 Å². The van der Waals surface area contributed by atoms with Crippen molar-refractivity contribution in [2.24, 2.45) is 5.73 Å². The van der Waals surface area contributed by atoms with Crippen LogP contribution >= 0.6 is 11.3 Å². The van der Waals surface area contributed by atoms with Crippen LogP contribution in [0.3, 0.4) is 0 Å². The Balaban J connectivity index is 1.87. The van der Waals surface area contributed by atoms with E-state index in [1.54, 1.807) is 14.0 Å². The van der Waals surface area contributed by atoms with Crippen molar-refractivity contribution in [3.05, 3.63) is 68.4 Å².